The molecule has 0 amide bonds. The summed E-state index contributed by atoms with van der Waals surface area (Å²) in [6.45, 7) is 4.30. The predicted octanol–water partition coefficient (Wildman–Crippen LogP) is 5.11. The maximum atomic E-state index is 13.0. The first-order valence-electron chi connectivity index (χ1n) is 10.6. The molecule has 1 N–H and O–H groups in total. The van der Waals surface area contributed by atoms with E-state index in [1.807, 2.05) is 19.2 Å². The summed E-state index contributed by atoms with van der Waals surface area (Å²) in [5, 5.41) is 11.0. The number of nitrogens with one attached hydrogen (secondary N) is 1. The predicted molar refractivity (Wildman–Crippen MR) is 130 cm³/mol. The van der Waals surface area contributed by atoms with Crippen LogP contribution in [0.15, 0.2) is 65.6 Å². The highest BCUT2D eigenvalue weighted by Gasteiger charge is 2.60. The minimum absolute atomic E-state index is 0.103. The lowest BCUT2D eigenvalue weighted by molar-refractivity contribution is -0.385. The minimum Gasteiger partial charge on any atom is -0.466 e. The number of nitro benzene ring substituents is 1. The number of para-hydroxylation sites is 1. The molecule has 0 bridgehead atoms. The molecule has 34 heavy (non-hydrogen) atoms. The maximum Gasteiger partial charge on any atom is 0.270 e. The van der Waals surface area contributed by atoms with Crippen molar-refractivity contribution in [1.29, 1.82) is 0 Å². The molecule has 0 saturated heterocycles. The minimum atomic E-state index is -4.16. The number of non-ortho nitro benzene ring substituents is 1. The van der Waals surface area contributed by atoms with Crippen LogP contribution in [-0.2, 0) is 21.9 Å². The number of likely N-dealkylation sites (N-methyl/N-ethyl adjacent to an activating group) is 1. The number of nitrogens with zero attached hydrogens (tertiary/aromatic N) is 2. The van der Waals surface area contributed by atoms with Crippen molar-refractivity contribution in [3.63, 3.8) is 0 Å². The van der Waals surface area contributed by atoms with E-state index in [9.17, 15) is 18.5 Å². The van der Waals surface area contributed by atoms with Gasteiger partial charge in [0.25, 0.3) is 15.7 Å². The quantitative estimate of drug-likeness (QED) is 0.395. The molecule has 2 aliphatic heterocycles. The molecule has 0 aromatic heterocycles. The van der Waals surface area contributed by atoms with Crippen LogP contribution < -0.4 is 14.4 Å². The molecule has 0 fully saturated rings. The standard InChI is InChI=1S/C24H22ClN3O5S/c1-23(2)18-6-4-5-7-20(18)27(3)24(23)14-15-12-16(8-11-21(15)33-24)26-34(31,32)22-13-17(28(29)30)9-10-19(22)25/h4-13,26H,14H2,1-3H3. The smallest absolute Gasteiger partial charge is 0.270 e. The number of hydrogen-bond donors (Lipinski definition) is 1. The second-order valence-corrected chi connectivity index (χ2v) is 11.1. The number of sulfonamides is 1. The summed E-state index contributed by atoms with van der Waals surface area (Å²) >= 11 is 6.05. The molecule has 2 aliphatic rings. The summed E-state index contributed by atoms with van der Waals surface area (Å²) in [7, 11) is -2.15. The van der Waals surface area contributed by atoms with Gasteiger partial charge in [0.1, 0.15) is 10.6 Å². The molecule has 1 spiro atoms. The number of halogens is 1. The second-order valence-electron chi connectivity index (χ2n) is 9.06. The molecule has 10 heteroatoms. The SMILES string of the molecule is CN1c2ccccc2C(C)(C)C12Cc1cc(NS(=O)(=O)c3cc([N+](=O)[O-])ccc3Cl)ccc1O2. The van der Waals surface area contributed by atoms with Gasteiger partial charge in [0.2, 0.25) is 0 Å². The number of nitro groups is 1. The van der Waals surface area contributed by atoms with E-state index in [1.54, 1.807) is 18.2 Å². The van der Waals surface area contributed by atoms with Gasteiger partial charge in [-0.3, -0.25) is 14.8 Å². The van der Waals surface area contributed by atoms with Crippen molar-refractivity contribution in [2.24, 2.45) is 0 Å². The summed E-state index contributed by atoms with van der Waals surface area (Å²) < 4.78 is 35.0. The van der Waals surface area contributed by atoms with Gasteiger partial charge in [-0.1, -0.05) is 29.8 Å². The summed E-state index contributed by atoms with van der Waals surface area (Å²) in [6, 6.07) is 16.6. The van der Waals surface area contributed by atoms with Crippen LogP contribution in [0, 0.1) is 10.1 Å². The second kappa shape index (κ2) is 7.35. The number of ether oxygens (including phenoxy) is 1. The van der Waals surface area contributed by atoms with Gasteiger partial charge in [0.15, 0.2) is 5.72 Å². The molecule has 0 aliphatic carbocycles. The zero-order valence-electron chi connectivity index (χ0n) is 18.7. The van der Waals surface area contributed by atoms with Crippen molar-refractivity contribution < 1.29 is 18.1 Å². The van der Waals surface area contributed by atoms with E-state index in [2.05, 4.69) is 35.6 Å². The molecule has 3 aromatic carbocycles. The Kier molecular flexibility index (Phi) is 4.86. The highest BCUT2D eigenvalue weighted by atomic mass is 35.5. The molecule has 0 saturated carbocycles. The van der Waals surface area contributed by atoms with Crippen molar-refractivity contribution in [1.82, 2.24) is 0 Å². The molecule has 8 nitrogen and oxygen atoms in total. The van der Waals surface area contributed by atoms with Gasteiger partial charge < -0.3 is 9.64 Å². The van der Waals surface area contributed by atoms with Crippen LogP contribution >= 0.6 is 11.6 Å². The van der Waals surface area contributed by atoms with Gasteiger partial charge in [-0.2, -0.15) is 0 Å². The molecule has 3 aromatic rings. The first kappa shape index (κ1) is 22.5. The summed E-state index contributed by atoms with van der Waals surface area (Å²) in [5.41, 5.74) is 2.12. The van der Waals surface area contributed by atoms with Crippen molar-refractivity contribution >= 4 is 38.7 Å². The van der Waals surface area contributed by atoms with Gasteiger partial charge in [-0.15, -0.1) is 0 Å². The fourth-order valence-corrected chi connectivity index (χ4v) is 6.60. The fraction of sp³-hybridized carbons (Fsp3) is 0.250. The normalized spacial score (nSPS) is 20.1. The highest BCUT2D eigenvalue weighted by molar-refractivity contribution is 7.92. The number of benzene rings is 3. The van der Waals surface area contributed by atoms with Crippen LogP contribution in [0.4, 0.5) is 17.1 Å². The number of fused-ring (bicyclic) bond motifs is 2. The van der Waals surface area contributed by atoms with E-state index >= 15 is 0 Å². The van der Waals surface area contributed by atoms with Crippen molar-refractivity contribution in [3.05, 3.63) is 86.9 Å². The van der Waals surface area contributed by atoms with Gasteiger partial charge in [0.05, 0.1) is 15.4 Å². The molecular formula is C24H22ClN3O5S. The Bertz CT molecular complexity index is 1460. The lowest BCUT2D eigenvalue weighted by Gasteiger charge is -2.42. The van der Waals surface area contributed by atoms with E-state index in [0.29, 0.717) is 17.9 Å². The fourth-order valence-electron chi connectivity index (χ4n) is 5.03. The van der Waals surface area contributed by atoms with Gasteiger partial charge in [-0.25, -0.2) is 8.42 Å². The van der Waals surface area contributed by atoms with Gasteiger partial charge in [0, 0.05) is 42.5 Å². The molecule has 1 atom stereocenters. The first-order chi connectivity index (χ1) is 16.0. The third-order valence-corrected chi connectivity index (χ3v) is 8.76. The molecule has 0 radical (unpaired) electrons. The largest absolute Gasteiger partial charge is 0.466 e. The van der Waals surface area contributed by atoms with Crippen LogP contribution in [0.1, 0.15) is 25.0 Å². The maximum absolute atomic E-state index is 13.0. The third-order valence-electron chi connectivity index (χ3n) is 6.89. The lowest BCUT2D eigenvalue weighted by atomic mass is 9.76. The molecule has 1 unspecified atom stereocenters. The topological polar surface area (TPSA) is 102 Å². The summed E-state index contributed by atoms with van der Waals surface area (Å²) in [4.78, 5) is 12.2. The van der Waals surface area contributed by atoms with Crippen LogP contribution in [0.5, 0.6) is 5.75 Å². The van der Waals surface area contributed by atoms with Crippen LogP contribution in [0.3, 0.4) is 0 Å². The summed E-state index contributed by atoms with van der Waals surface area (Å²) in [6.07, 6.45) is 0.549. The van der Waals surface area contributed by atoms with Crippen LogP contribution in [0.25, 0.3) is 0 Å². The van der Waals surface area contributed by atoms with E-state index in [0.717, 1.165) is 23.4 Å². The van der Waals surface area contributed by atoms with Crippen LogP contribution in [0.2, 0.25) is 5.02 Å². The van der Waals surface area contributed by atoms with E-state index in [1.165, 1.54) is 11.6 Å². The Morgan fingerprint density at radius 1 is 1.12 bits per heavy atom. The molecule has 176 valence electrons. The van der Waals surface area contributed by atoms with E-state index < -0.39 is 20.7 Å². The zero-order valence-corrected chi connectivity index (χ0v) is 20.3. The highest BCUT2D eigenvalue weighted by Crippen LogP contribution is 2.56. The molecule has 2 heterocycles. The average molecular weight is 500 g/mol. The zero-order chi connectivity index (χ0) is 24.5. The Morgan fingerprint density at radius 2 is 1.85 bits per heavy atom. The Hall–Kier alpha value is -3.30. The average Bonchev–Trinajstić information content (AvgIpc) is 3.25. The van der Waals surface area contributed by atoms with Gasteiger partial charge in [-0.05, 0) is 49.7 Å². The molecule has 5 rings (SSSR count). The number of anilines is 2. The van der Waals surface area contributed by atoms with Crippen molar-refractivity contribution in [3.8, 4) is 5.75 Å². The van der Waals surface area contributed by atoms with E-state index in [4.69, 9.17) is 16.3 Å². The lowest BCUT2D eigenvalue weighted by Crippen LogP contribution is -2.58. The van der Waals surface area contributed by atoms with Crippen molar-refractivity contribution in [2.45, 2.75) is 36.3 Å². The molecular weight excluding hydrogens is 478 g/mol. The number of hydrogen-bond acceptors (Lipinski definition) is 6. The third kappa shape index (κ3) is 3.14. The van der Waals surface area contributed by atoms with Crippen LogP contribution in [-0.4, -0.2) is 26.1 Å². The summed E-state index contributed by atoms with van der Waals surface area (Å²) in [5.74, 6) is 0.684. The Labute approximate surface area is 202 Å². The number of rotatable bonds is 4. The monoisotopic (exact) mass is 499 g/mol. The van der Waals surface area contributed by atoms with Crippen molar-refractivity contribution in [2.75, 3.05) is 16.7 Å². The first-order valence-corrected chi connectivity index (χ1v) is 12.4. The Morgan fingerprint density at radius 3 is 2.56 bits per heavy atom. The van der Waals surface area contributed by atoms with Gasteiger partial charge >= 0.3 is 0 Å². The Balaban J connectivity index is 1.47. The van der Waals surface area contributed by atoms with E-state index in [-0.39, 0.29) is 21.0 Å².